The Balaban J connectivity index is 2.90. The minimum atomic E-state index is -0.751. The average Bonchev–Trinajstić information content (AvgIpc) is 2.44. The predicted octanol–water partition coefficient (Wildman–Crippen LogP) is 3.36. The van der Waals surface area contributed by atoms with Crippen LogP contribution in [0.1, 0.15) is 17.9 Å². The van der Waals surface area contributed by atoms with Gasteiger partial charge in [0, 0.05) is 9.35 Å². The molecular weight excluding hydrogens is 274 g/mol. The second-order valence-corrected chi connectivity index (χ2v) is 5.17. The van der Waals surface area contributed by atoms with Crippen molar-refractivity contribution in [3.63, 3.8) is 0 Å². The van der Waals surface area contributed by atoms with Crippen LogP contribution < -0.4 is 0 Å². The normalized spacial score (nSPS) is 15.0. The average molecular weight is 281 g/mol. The molecule has 1 heterocycles. The topological polar surface area (TPSA) is 44.0 Å². The third kappa shape index (κ3) is 2.44. The van der Waals surface area contributed by atoms with Crippen molar-refractivity contribution in [2.45, 2.75) is 13.0 Å². The van der Waals surface area contributed by atoms with Crippen molar-refractivity contribution in [2.24, 2.45) is 5.92 Å². The summed E-state index contributed by atoms with van der Waals surface area (Å²) in [6, 6.07) is 3.73. The molecule has 2 unspecified atom stereocenters. The molecule has 13 heavy (non-hydrogen) atoms. The van der Waals surface area contributed by atoms with Gasteiger partial charge in [-0.3, -0.25) is 0 Å². The van der Waals surface area contributed by atoms with Gasteiger partial charge in [-0.1, -0.05) is 11.6 Å². The fourth-order valence-electron chi connectivity index (χ4n) is 0.826. The van der Waals surface area contributed by atoms with Gasteiger partial charge in [0.2, 0.25) is 0 Å². The Morgan fingerprint density at radius 3 is 2.77 bits per heavy atom. The summed E-state index contributed by atoms with van der Waals surface area (Å²) in [7, 11) is 0. The summed E-state index contributed by atoms with van der Waals surface area (Å²) in [5.74, 6) is -0.415. The summed E-state index contributed by atoms with van der Waals surface area (Å²) < 4.78 is 1.36. The summed E-state index contributed by atoms with van der Waals surface area (Å²) in [6.07, 6.45) is -0.751. The first-order valence-electron chi connectivity index (χ1n) is 3.58. The molecule has 0 fully saturated rings. The van der Waals surface area contributed by atoms with Crippen LogP contribution in [0.5, 0.6) is 0 Å². The number of halogens is 2. The standard InChI is InChI=1S/C8H7BrClNOS/c1-4(3-11)7(12)6-2-5(9)8(10)13-6/h2,4,7,12H,1H3. The molecule has 0 spiro atoms. The van der Waals surface area contributed by atoms with E-state index >= 15 is 0 Å². The molecule has 0 aliphatic rings. The molecule has 1 aromatic heterocycles. The number of aliphatic hydroxyl groups excluding tert-OH is 1. The van der Waals surface area contributed by atoms with Crippen LogP contribution in [0.2, 0.25) is 4.34 Å². The molecular formula is C8H7BrClNOS. The van der Waals surface area contributed by atoms with E-state index in [0.29, 0.717) is 9.21 Å². The van der Waals surface area contributed by atoms with Crippen molar-refractivity contribution >= 4 is 38.9 Å². The number of hydrogen-bond donors (Lipinski definition) is 1. The van der Waals surface area contributed by atoms with Gasteiger partial charge >= 0.3 is 0 Å². The van der Waals surface area contributed by atoms with Crippen LogP contribution in [-0.2, 0) is 0 Å². The third-order valence-corrected chi connectivity index (χ3v) is 4.18. The molecule has 2 nitrogen and oxygen atoms in total. The smallest absolute Gasteiger partial charge is 0.107 e. The summed E-state index contributed by atoms with van der Waals surface area (Å²) in [5, 5.41) is 18.2. The van der Waals surface area contributed by atoms with E-state index in [1.807, 2.05) is 6.07 Å². The summed E-state index contributed by atoms with van der Waals surface area (Å²) >= 11 is 10.3. The lowest BCUT2D eigenvalue weighted by Crippen LogP contribution is -2.04. The predicted molar refractivity (Wildman–Crippen MR) is 56.8 cm³/mol. The fourth-order valence-corrected chi connectivity index (χ4v) is 2.65. The zero-order valence-electron chi connectivity index (χ0n) is 6.79. The molecule has 1 aromatic rings. The van der Waals surface area contributed by atoms with Gasteiger partial charge in [-0.15, -0.1) is 11.3 Å². The molecule has 0 radical (unpaired) electrons. The molecule has 0 aliphatic carbocycles. The van der Waals surface area contributed by atoms with E-state index < -0.39 is 12.0 Å². The highest BCUT2D eigenvalue weighted by Gasteiger charge is 2.19. The lowest BCUT2D eigenvalue weighted by molar-refractivity contribution is 0.146. The van der Waals surface area contributed by atoms with Gasteiger partial charge in [0.25, 0.3) is 0 Å². The van der Waals surface area contributed by atoms with Gasteiger partial charge in [-0.2, -0.15) is 5.26 Å². The van der Waals surface area contributed by atoms with Crippen molar-refractivity contribution in [1.82, 2.24) is 0 Å². The fraction of sp³-hybridized carbons (Fsp3) is 0.375. The molecule has 0 amide bonds. The molecule has 0 bridgehead atoms. The lowest BCUT2D eigenvalue weighted by Gasteiger charge is -2.08. The molecule has 70 valence electrons. The van der Waals surface area contributed by atoms with Crippen molar-refractivity contribution < 1.29 is 5.11 Å². The molecule has 1 N–H and O–H groups in total. The number of hydrogen-bond acceptors (Lipinski definition) is 3. The van der Waals surface area contributed by atoms with E-state index in [1.54, 1.807) is 13.0 Å². The van der Waals surface area contributed by atoms with Crippen LogP contribution in [0.4, 0.5) is 0 Å². The summed E-state index contributed by atoms with van der Waals surface area (Å²) in [6.45, 7) is 1.67. The van der Waals surface area contributed by atoms with Crippen molar-refractivity contribution in [3.05, 3.63) is 19.8 Å². The van der Waals surface area contributed by atoms with Crippen LogP contribution >= 0.6 is 38.9 Å². The molecule has 0 saturated heterocycles. The molecule has 0 aromatic carbocycles. The van der Waals surface area contributed by atoms with E-state index in [-0.39, 0.29) is 0 Å². The maximum Gasteiger partial charge on any atom is 0.107 e. The Hall–Kier alpha value is -0.0800. The first kappa shape index (κ1) is 11.0. The maximum absolute atomic E-state index is 9.64. The lowest BCUT2D eigenvalue weighted by atomic mass is 10.1. The second-order valence-electron chi connectivity index (χ2n) is 2.63. The van der Waals surface area contributed by atoms with Crippen molar-refractivity contribution in [1.29, 1.82) is 5.26 Å². The van der Waals surface area contributed by atoms with E-state index in [0.717, 1.165) is 4.47 Å². The first-order valence-corrected chi connectivity index (χ1v) is 5.57. The number of thiophene rings is 1. The molecule has 2 atom stereocenters. The highest BCUT2D eigenvalue weighted by molar-refractivity contribution is 9.10. The van der Waals surface area contributed by atoms with Gasteiger partial charge in [-0.05, 0) is 28.9 Å². The Labute approximate surface area is 93.9 Å². The van der Waals surface area contributed by atoms with Crippen LogP contribution in [0.15, 0.2) is 10.5 Å². The number of aliphatic hydroxyl groups is 1. The van der Waals surface area contributed by atoms with Crippen molar-refractivity contribution in [2.75, 3.05) is 0 Å². The van der Waals surface area contributed by atoms with Crippen LogP contribution in [0.3, 0.4) is 0 Å². The SMILES string of the molecule is CC(C#N)C(O)c1cc(Br)c(Cl)s1. The van der Waals surface area contributed by atoms with E-state index in [4.69, 9.17) is 16.9 Å². The van der Waals surface area contributed by atoms with Crippen LogP contribution in [0.25, 0.3) is 0 Å². The highest BCUT2D eigenvalue weighted by Crippen LogP contribution is 2.37. The van der Waals surface area contributed by atoms with E-state index in [1.165, 1.54) is 11.3 Å². The maximum atomic E-state index is 9.64. The van der Waals surface area contributed by atoms with Crippen molar-refractivity contribution in [3.8, 4) is 6.07 Å². The molecule has 0 saturated carbocycles. The monoisotopic (exact) mass is 279 g/mol. The van der Waals surface area contributed by atoms with Crippen LogP contribution in [0, 0.1) is 17.2 Å². The van der Waals surface area contributed by atoms with Gasteiger partial charge in [-0.25, -0.2) is 0 Å². The first-order chi connectivity index (χ1) is 6.06. The van der Waals surface area contributed by atoms with Gasteiger partial charge in [0.15, 0.2) is 0 Å². The second kappa shape index (κ2) is 4.43. The minimum absolute atomic E-state index is 0.415. The van der Waals surface area contributed by atoms with Gasteiger partial charge in [0.1, 0.15) is 10.4 Å². The molecule has 5 heteroatoms. The van der Waals surface area contributed by atoms with E-state index in [2.05, 4.69) is 15.9 Å². The quantitative estimate of drug-likeness (QED) is 0.903. The number of nitriles is 1. The summed E-state index contributed by atoms with van der Waals surface area (Å²) in [5.41, 5.74) is 0. The Morgan fingerprint density at radius 1 is 1.77 bits per heavy atom. The van der Waals surface area contributed by atoms with E-state index in [9.17, 15) is 5.11 Å². The third-order valence-electron chi connectivity index (χ3n) is 1.63. The number of nitrogens with zero attached hydrogens (tertiary/aromatic N) is 1. The van der Waals surface area contributed by atoms with Gasteiger partial charge in [0.05, 0.1) is 12.0 Å². The Morgan fingerprint density at radius 2 is 2.38 bits per heavy atom. The zero-order valence-corrected chi connectivity index (χ0v) is 9.95. The number of rotatable bonds is 2. The molecule has 1 rings (SSSR count). The zero-order chi connectivity index (χ0) is 10.0. The van der Waals surface area contributed by atoms with Gasteiger partial charge < -0.3 is 5.11 Å². The molecule has 0 aliphatic heterocycles. The largest absolute Gasteiger partial charge is 0.386 e. The highest BCUT2D eigenvalue weighted by atomic mass is 79.9. The van der Waals surface area contributed by atoms with Crippen LogP contribution in [-0.4, -0.2) is 5.11 Å². The minimum Gasteiger partial charge on any atom is -0.386 e. The summed E-state index contributed by atoms with van der Waals surface area (Å²) in [4.78, 5) is 0.714. The Kier molecular flexibility index (Phi) is 3.74. The Bertz CT molecular complexity index is 327.